The average molecular weight is 322 g/mol. The Hall–Kier alpha value is -2.03. The maximum absolute atomic E-state index is 12.8. The molecule has 2 heterocycles. The third-order valence-corrected chi connectivity index (χ3v) is 3.38. The molecular formula is C11H11ClF3N5O. The third-order valence-electron chi connectivity index (χ3n) is 2.93. The van der Waals surface area contributed by atoms with Crippen LogP contribution in [0.15, 0.2) is 0 Å². The van der Waals surface area contributed by atoms with Gasteiger partial charge in [-0.2, -0.15) is 23.4 Å². The third kappa shape index (κ3) is 2.73. The number of halogens is 4. The van der Waals surface area contributed by atoms with Crippen LogP contribution in [0, 0.1) is 13.8 Å². The number of nitrogens with one attached hydrogen (secondary N) is 2. The van der Waals surface area contributed by atoms with Crippen LogP contribution in [0.25, 0.3) is 0 Å². The van der Waals surface area contributed by atoms with E-state index >= 15 is 0 Å². The van der Waals surface area contributed by atoms with Gasteiger partial charge in [-0.3, -0.25) is 14.6 Å². The second-order valence-corrected chi connectivity index (χ2v) is 4.77. The molecule has 21 heavy (non-hydrogen) atoms. The van der Waals surface area contributed by atoms with Crippen molar-refractivity contribution < 1.29 is 18.0 Å². The second kappa shape index (κ2) is 5.06. The van der Waals surface area contributed by atoms with Gasteiger partial charge in [-0.1, -0.05) is 11.6 Å². The number of alkyl halides is 3. The van der Waals surface area contributed by atoms with E-state index in [2.05, 4.69) is 20.6 Å². The number of rotatable bonds is 2. The minimum atomic E-state index is -4.68. The van der Waals surface area contributed by atoms with E-state index in [-0.39, 0.29) is 16.4 Å². The number of hydrogen-bond donors (Lipinski definition) is 2. The lowest BCUT2D eigenvalue weighted by Gasteiger charge is -2.08. The molecule has 0 spiro atoms. The van der Waals surface area contributed by atoms with Gasteiger partial charge in [-0.15, -0.1) is 0 Å². The quantitative estimate of drug-likeness (QED) is 0.893. The zero-order valence-electron chi connectivity index (χ0n) is 11.3. The fourth-order valence-electron chi connectivity index (χ4n) is 1.69. The number of aryl methyl sites for hydroxylation is 2. The summed E-state index contributed by atoms with van der Waals surface area (Å²) in [6.45, 7) is 3.00. The Morgan fingerprint density at radius 1 is 1.38 bits per heavy atom. The molecule has 2 aromatic heterocycles. The topological polar surface area (TPSA) is 75.6 Å². The largest absolute Gasteiger partial charge is 0.437 e. The molecule has 0 aliphatic heterocycles. The van der Waals surface area contributed by atoms with Gasteiger partial charge in [0, 0.05) is 7.05 Å². The van der Waals surface area contributed by atoms with Crippen molar-refractivity contribution in [3.8, 4) is 0 Å². The number of amides is 1. The summed E-state index contributed by atoms with van der Waals surface area (Å²) in [7, 11) is 1.57. The molecule has 0 saturated heterocycles. The van der Waals surface area contributed by atoms with Gasteiger partial charge < -0.3 is 5.32 Å². The average Bonchev–Trinajstić information content (AvgIpc) is 2.85. The SMILES string of the molecule is Cc1[nH]nc(C(F)(F)F)c1NC(=O)c1nn(C)c(C)c1Cl. The molecule has 0 radical (unpaired) electrons. The minimum Gasteiger partial charge on any atom is -0.317 e. The monoisotopic (exact) mass is 321 g/mol. The van der Waals surface area contributed by atoms with Crippen molar-refractivity contribution in [3.63, 3.8) is 0 Å². The van der Waals surface area contributed by atoms with Crippen molar-refractivity contribution in [2.75, 3.05) is 5.32 Å². The fourth-order valence-corrected chi connectivity index (χ4v) is 1.93. The molecule has 6 nitrogen and oxygen atoms in total. The summed E-state index contributed by atoms with van der Waals surface area (Å²) in [5.41, 5.74) is -1.17. The number of carbonyl (C=O) groups is 1. The Morgan fingerprint density at radius 2 is 2.00 bits per heavy atom. The molecule has 0 aromatic carbocycles. The Kier molecular flexibility index (Phi) is 3.70. The van der Waals surface area contributed by atoms with E-state index in [1.807, 2.05) is 0 Å². The minimum absolute atomic E-state index is 0.0828. The van der Waals surface area contributed by atoms with Crippen LogP contribution in [0.2, 0.25) is 5.02 Å². The van der Waals surface area contributed by atoms with Crippen LogP contribution >= 0.6 is 11.6 Å². The highest BCUT2D eigenvalue weighted by atomic mass is 35.5. The number of carbonyl (C=O) groups excluding carboxylic acids is 1. The predicted octanol–water partition coefficient (Wildman–Crippen LogP) is 2.68. The first-order valence-corrected chi connectivity index (χ1v) is 6.13. The lowest BCUT2D eigenvalue weighted by Crippen LogP contribution is -2.17. The van der Waals surface area contributed by atoms with E-state index in [0.29, 0.717) is 5.69 Å². The summed E-state index contributed by atoms with van der Waals surface area (Å²) in [4.78, 5) is 12.0. The van der Waals surface area contributed by atoms with Gasteiger partial charge in [0.05, 0.1) is 22.1 Å². The van der Waals surface area contributed by atoms with E-state index in [1.54, 1.807) is 14.0 Å². The molecule has 114 valence electrons. The van der Waals surface area contributed by atoms with Crippen LogP contribution in [0.4, 0.5) is 18.9 Å². The number of aromatic nitrogens is 4. The van der Waals surface area contributed by atoms with Crippen LogP contribution in [-0.2, 0) is 13.2 Å². The Morgan fingerprint density at radius 3 is 2.48 bits per heavy atom. The molecule has 1 amide bonds. The lowest BCUT2D eigenvalue weighted by molar-refractivity contribution is -0.140. The van der Waals surface area contributed by atoms with Crippen molar-refractivity contribution in [2.24, 2.45) is 7.05 Å². The predicted molar refractivity (Wildman–Crippen MR) is 69.2 cm³/mol. The van der Waals surface area contributed by atoms with E-state index in [0.717, 1.165) is 0 Å². The Labute approximate surface area is 122 Å². The molecule has 2 rings (SSSR count). The zero-order valence-corrected chi connectivity index (χ0v) is 12.0. The fraction of sp³-hybridized carbons (Fsp3) is 0.364. The van der Waals surface area contributed by atoms with Gasteiger partial charge >= 0.3 is 6.18 Å². The standard InChI is InChI=1S/C11H11ClF3N5O/c1-4-7(9(18-17-4)11(13,14)15)16-10(21)8-6(12)5(2)20(3)19-8/h1-3H3,(H,16,21)(H,17,18). The molecule has 0 aliphatic rings. The molecule has 0 atom stereocenters. The molecule has 0 unspecified atom stereocenters. The summed E-state index contributed by atoms with van der Waals surface area (Å²) < 4.78 is 39.7. The summed E-state index contributed by atoms with van der Waals surface area (Å²) in [6, 6.07) is 0. The second-order valence-electron chi connectivity index (χ2n) is 4.40. The normalized spacial score (nSPS) is 11.8. The number of aromatic amines is 1. The van der Waals surface area contributed by atoms with Gasteiger partial charge in [-0.05, 0) is 13.8 Å². The molecule has 0 fully saturated rings. The van der Waals surface area contributed by atoms with Crippen molar-refractivity contribution in [1.29, 1.82) is 0 Å². The first-order chi connectivity index (χ1) is 9.62. The highest BCUT2D eigenvalue weighted by Crippen LogP contribution is 2.35. The maximum atomic E-state index is 12.8. The van der Waals surface area contributed by atoms with Crippen molar-refractivity contribution in [1.82, 2.24) is 20.0 Å². The van der Waals surface area contributed by atoms with Gasteiger partial charge in [0.2, 0.25) is 0 Å². The first-order valence-electron chi connectivity index (χ1n) is 5.75. The van der Waals surface area contributed by atoms with Gasteiger partial charge in [0.15, 0.2) is 11.4 Å². The summed E-state index contributed by atoms with van der Waals surface area (Å²) in [5.74, 6) is -0.835. The van der Waals surface area contributed by atoms with Crippen LogP contribution in [-0.4, -0.2) is 25.9 Å². The molecule has 2 N–H and O–H groups in total. The van der Waals surface area contributed by atoms with Crippen molar-refractivity contribution in [3.05, 3.63) is 27.8 Å². The van der Waals surface area contributed by atoms with Crippen LogP contribution in [0.3, 0.4) is 0 Å². The van der Waals surface area contributed by atoms with Gasteiger partial charge in [0.1, 0.15) is 0 Å². The Balaban J connectivity index is 2.37. The molecule has 2 aromatic rings. The molecule has 10 heteroatoms. The maximum Gasteiger partial charge on any atom is 0.437 e. The zero-order chi connectivity index (χ0) is 15.9. The molecule has 0 aliphatic carbocycles. The summed E-state index contributed by atoms with van der Waals surface area (Å²) in [5, 5.41) is 11.5. The van der Waals surface area contributed by atoms with E-state index in [1.165, 1.54) is 11.6 Å². The summed E-state index contributed by atoms with van der Waals surface area (Å²) >= 11 is 5.93. The molecular weight excluding hydrogens is 311 g/mol. The van der Waals surface area contributed by atoms with Crippen LogP contribution < -0.4 is 5.32 Å². The van der Waals surface area contributed by atoms with Crippen LogP contribution in [0.5, 0.6) is 0 Å². The highest BCUT2D eigenvalue weighted by molar-refractivity contribution is 6.34. The first kappa shape index (κ1) is 15.4. The number of anilines is 1. The number of nitrogens with zero attached hydrogens (tertiary/aromatic N) is 3. The Bertz CT molecular complexity index is 704. The van der Waals surface area contributed by atoms with Gasteiger partial charge in [0.25, 0.3) is 5.91 Å². The van der Waals surface area contributed by atoms with E-state index < -0.39 is 23.5 Å². The number of hydrogen-bond acceptors (Lipinski definition) is 3. The summed E-state index contributed by atoms with van der Waals surface area (Å²) in [6.07, 6.45) is -4.68. The number of H-pyrrole nitrogens is 1. The van der Waals surface area contributed by atoms with Crippen LogP contribution in [0.1, 0.15) is 27.6 Å². The van der Waals surface area contributed by atoms with Gasteiger partial charge in [-0.25, -0.2) is 0 Å². The smallest absolute Gasteiger partial charge is 0.317 e. The lowest BCUT2D eigenvalue weighted by atomic mass is 10.2. The molecule has 0 bridgehead atoms. The van der Waals surface area contributed by atoms with E-state index in [9.17, 15) is 18.0 Å². The van der Waals surface area contributed by atoms with Crippen molar-refractivity contribution >= 4 is 23.2 Å². The highest BCUT2D eigenvalue weighted by Gasteiger charge is 2.38. The van der Waals surface area contributed by atoms with E-state index in [4.69, 9.17) is 11.6 Å². The van der Waals surface area contributed by atoms with Crippen molar-refractivity contribution in [2.45, 2.75) is 20.0 Å². The molecule has 0 saturated carbocycles.